The Morgan fingerprint density at radius 2 is 0.818 bits per heavy atom. The van der Waals surface area contributed by atoms with E-state index < -0.39 is 18.1 Å². The van der Waals surface area contributed by atoms with E-state index in [1.807, 2.05) is 0 Å². The van der Waals surface area contributed by atoms with E-state index in [0.29, 0.717) is 0 Å². The van der Waals surface area contributed by atoms with Crippen LogP contribution in [0.4, 0.5) is 0 Å². The molecule has 0 bridgehead atoms. The first-order valence-electron chi connectivity index (χ1n) is 1.33. The van der Waals surface area contributed by atoms with Gasteiger partial charge < -0.3 is 18.2 Å². The van der Waals surface area contributed by atoms with Crippen molar-refractivity contribution in [3.8, 4) is 0 Å². The predicted molar refractivity (Wildman–Crippen MR) is 39.9 cm³/mol. The van der Waals surface area contributed by atoms with Crippen molar-refractivity contribution in [3.63, 3.8) is 0 Å². The van der Waals surface area contributed by atoms with Crippen molar-refractivity contribution >= 4 is 64.4 Å². The van der Waals surface area contributed by atoms with Gasteiger partial charge in [0.2, 0.25) is 0 Å². The molecule has 0 aromatic rings. The van der Waals surface area contributed by atoms with Crippen molar-refractivity contribution in [2.24, 2.45) is 0 Å². The molecule has 0 N–H and O–H groups in total. The Balaban J connectivity index is -0.000000107. The summed E-state index contributed by atoms with van der Waals surface area (Å²) in [6.07, 6.45) is 0. The summed E-state index contributed by atoms with van der Waals surface area (Å²) >= 11 is 6.49. The normalized spacial score (nSPS) is 10.5. The molecule has 0 unspecified atom stereocenters. The van der Waals surface area contributed by atoms with Crippen LogP contribution in [-0.2, 0) is 40.5 Å². The fourth-order valence-corrected chi connectivity index (χ4v) is 0. The van der Waals surface area contributed by atoms with Crippen LogP contribution in [0.25, 0.3) is 0 Å². The van der Waals surface area contributed by atoms with Crippen molar-refractivity contribution in [3.05, 3.63) is 0 Å². The molecule has 0 saturated heterocycles. The molecule has 11 heteroatoms. The van der Waals surface area contributed by atoms with Gasteiger partial charge in [-0.05, 0) is 22.4 Å². The molecule has 0 saturated carbocycles. The van der Waals surface area contributed by atoms with Gasteiger partial charge >= 0.3 is 23.9 Å². The summed E-state index contributed by atoms with van der Waals surface area (Å²) < 4.78 is 53.3. The SMILES string of the molecule is O=S([O-])([O-])=S.O=S([O-])([O-])=S.[Sn+4]. The maximum absolute atomic E-state index is 8.89. The van der Waals surface area contributed by atoms with E-state index in [2.05, 4.69) is 22.4 Å². The molecular weight excluding hydrogens is 343 g/mol. The van der Waals surface area contributed by atoms with Gasteiger partial charge in [-0.15, -0.1) is 18.1 Å². The molecule has 0 radical (unpaired) electrons. The minimum absolute atomic E-state index is 0. The maximum atomic E-state index is 8.89. The van der Waals surface area contributed by atoms with Crippen molar-refractivity contribution in [2.45, 2.75) is 0 Å². The quantitative estimate of drug-likeness (QED) is 0.446. The van der Waals surface area contributed by atoms with Crippen LogP contribution >= 0.6 is 0 Å². The Hall–Kier alpha value is 1.38. The van der Waals surface area contributed by atoms with Crippen LogP contribution in [0.5, 0.6) is 0 Å². The predicted octanol–water partition coefficient (Wildman–Crippen LogP) is -2.39. The molecule has 0 aromatic heterocycles. The minimum atomic E-state index is -4.33. The van der Waals surface area contributed by atoms with Crippen molar-refractivity contribution in [2.75, 3.05) is 0 Å². The molecule has 0 aliphatic carbocycles. The van der Waals surface area contributed by atoms with Crippen LogP contribution in [0.3, 0.4) is 0 Å². The van der Waals surface area contributed by atoms with Crippen LogP contribution in [0.1, 0.15) is 0 Å². The van der Waals surface area contributed by atoms with E-state index in [1.165, 1.54) is 0 Å². The third-order valence-corrected chi connectivity index (χ3v) is 0. The standard InChI is InChI=1S/2H2O3S2.Sn/c2*1-5(2,3)4;/h2*(H2,1,2,3,4);/q;;+4/p-4. The number of hydrogen-bond donors (Lipinski definition) is 0. The Morgan fingerprint density at radius 1 is 0.818 bits per heavy atom. The molecule has 0 aromatic carbocycles. The summed E-state index contributed by atoms with van der Waals surface area (Å²) in [5.74, 6) is 0. The van der Waals surface area contributed by atoms with E-state index in [-0.39, 0.29) is 23.9 Å². The molecular formula is O6S4Sn. The Morgan fingerprint density at radius 3 is 0.818 bits per heavy atom. The van der Waals surface area contributed by atoms with Crippen LogP contribution < -0.4 is 0 Å². The van der Waals surface area contributed by atoms with Gasteiger partial charge in [-0.2, -0.15) is 0 Å². The maximum Gasteiger partial charge on any atom is 4.00 e. The molecule has 0 rings (SSSR count). The number of hydrogen-bond acceptors (Lipinski definition) is 8. The van der Waals surface area contributed by atoms with Crippen molar-refractivity contribution in [1.82, 2.24) is 0 Å². The Kier molecular flexibility index (Phi) is 11.3. The Labute approximate surface area is 90.4 Å². The molecule has 0 heterocycles. The van der Waals surface area contributed by atoms with Gasteiger partial charge in [0.1, 0.15) is 0 Å². The molecule has 0 atom stereocenters. The fourth-order valence-electron chi connectivity index (χ4n) is 0. The van der Waals surface area contributed by atoms with Gasteiger partial charge in [0.05, 0.1) is 0 Å². The van der Waals surface area contributed by atoms with E-state index in [9.17, 15) is 0 Å². The summed E-state index contributed by atoms with van der Waals surface area (Å²) in [6.45, 7) is 0. The molecule has 6 nitrogen and oxygen atoms in total. The van der Waals surface area contributed by atoms with Gasteiger partial charge in [-0.25, -0.2) is 0 Å². The smallest absolute Gasteiger partial charge is 0.780 e. The third-order valence-electron chi connectivity index (χ3n) is 0. The van der Waals surface area contributed by atoms with Crippen LogP contribution in [0.15, 0.2) is 0 Å². The van der Waals surface area contributed by atoms with Gasteiger partial charge in [0.15, 0.2) is 0 Å². The second kappa shape index (κ2) is 6.85. The van der Waals surface area contributed by atoms with Gasteiger partial charge in [0, 0.05) is 0 Å². The first-order chi connectivity index (χ1) is 4.00. The number of rotatable bonds is 0. The average molecular weight is 343 g/mol. The summed E-state index contributed by atoms with van der Waals surface area (Å²) in [4.78, 5) is 0. The first kappa shape index (κ1) is 18.2. The molecule has 0 amide bonds. The average Bonchev–Trinajstić information content (AvgIpc) is 1.12. The van der Waals surface area contributed by atoms with E-state index in [0.717, 1.165) is 0 Å². The summed E-state index contributed by atoms with van der Waals surface area (Å²) in [5.41, 5.74) is 0. The first-order valence-corrected chi connectivity index (χ1v) is 6.00. The van der Waals surface area contributed by atoms with E-state index >= 15 is 0 Å². The van der Waals surface area contributed by atoms with Gasteiger partial charge in [-0.1, -0.05) is 0 Å². The zero-order valence-corrected chi connectivity index (χ0v) is 10.7. The monoisotopic (exact) mass is 344 g/mol. The van der Waals surface area contributed by atoms with Gasteiger partial charge in [-0.3, -0.25) is 8.42 Å². The zero-order chi connectivity index (χ0) is 9.00. The zero-order valence-electron chi connectivity index (χ0n) is 4.58. The molecule has 0 fully saturated rings. The molecule has 0 aliphatic heterocycles. The van der Waals surface area contributed by atoms with Crippen LogP contribution in [0.2, 0.25) is 0 Å². The molecule has 11 heavy (non-hydrogen) atoms. The van der Waals surface area contributed by atoms with Crippen LogP contribution in [0, 0.1) is 0 Å². The fraction of sp³-hybridized carbons (Fsp3) is 0. The summed E-state index contributed by atoms with van der Waals surface area (Å²) in [6, 6.07) is 0. The van der Waals surface area contributed by atoms with Gasteiger partial charge in [0.25, 0.3) is 0 Å². The topological polar surface area (TPSA) is 126 Å². The largest absolute Gasteiger partial charge is 4.00 e. The molecule has 0 spiro atoms. The van der Waals surface area contributed by atoms with Crippen molar-refractivity contribution in [1.29, 1.82) is 0 Å². The third kappa shape index (κ3) is 527. The summed E-state index contributed by atoms with van der Waals surface area (Å²) in [5, 5.41) is 0. The molecule has 0 aliphatic rings. The van der Waals surface area contributed by atoms with Crippen LogP contribution in [-0.4, -0.2) is 50.5 Å². The second-order valence-corrected chi connectivity index (χ2v) is 4.90. The minimum Gasteiger partial charge on any atom is -0.780 e. The van der Waals surface area contributed by atoms with E-state index in [4.69, 9.17) is 26.6 Å². The molecule has 64 valence electrons. The Bertz CT molecular complexity index is 211. The van der Waals surface area contributed by atoms with E-state index in [1.54, 1.807) is 0 Å². The van der Waals surface area contributed by atoms with Crippen molar-refractivity contribution < 1.29 is 26.6 Å². The second-order valence-electron chi connectivity index (χ2n) is 0.816. The summed E-state index contributed by atoms with van der Waals surface area (Å²) in [7, 11) is -8.67.